The minimum absolute atomic E-state index is 0.751. The average molecular weight is 390 g/mol. The highest BCUT2D eigenvalue weighted by Crippen LogP contribution is 2.55. The first-order chi connectivity index (χ1) is 15.8. The zero-order chi connectivity index (χ0) is 26.8. The molecule has 28 heavy (non-hydrogen) atoms. The Morgan fingerprint density at radius 3 is 2.71 bits per heavy atom. The number of allylic oxidation sites excluding steroid dienone is 6. The molecule has 0 saturated carbocycles. The summed E-state index contributed by atoms with van der Waals surface area (Å²) in [5.41, 5.74) is 2.36. The van der Waals surface area contributed by atoms with Crippen LogP contribution in [0.25, 0.3) is 0 Å². The van der Waals surface area contributed by atoms with Gasteiger partial charge in [0.2, 0.25) is 0 Å². The summed E-state index contributed by atoms with van der Waals surface area (Å²) in [5, 5.41) is 43.8. The molecule has 1 amide bonds. The van der Waals surface area contributed by atoms with E-state index in [9.17, 15) is 40.5 Å². The van der Waals surface area contributed by atoms with Crippen molar-refractivity contribution >= 4 is 17.5 Å². The van der Waals surface area contributed by atoms with Crippen LogP contribution in [0.4, 0.5) is 0 Å². The zero-order valence-corrected chi connectivity index (χ0v) is 14.2. The largest absolute Gasteiger partial charge is 0.511 e. The van der Waals surface area contributed by atoms with Crippen LogP contribution in [0, 0.1) is 17.7 Å². The monoisotopic (exact) mass is 390 g/mol. The maximum absolute atomic E-state index is 13.0. The van der Waals surface area contributed by atoms with Crippen molar-refractivity contribution < 1.29 is 44.4 Å². The van der Waals surface area contributed by atoms with Gasteiger partial charge in [0, 0.05) is 23.3 Å². The summed E-state index contributed by atoms with van der Waals surface area (Å²) in [7, 11) is 0. The van der Waals surface area contributed by atoms with Gasteiger partial charge >= 0.3 is 5.91 Å². The normalized spacial score (nSPS) is 46.5. The summed E-state index contributed by atoms with van der Waals surface area (Å²) in [4.78, 5) is 37.4. The molecule has 0 fully saturated rings. The van der Waals surface area contributed by atoms with E-state index in [1.54, 1.807) is 0 Å². The van der Waals surface area contributed by atoms with E-state index >= 15 is 0 Å². The minimum Gasteiger partial charge on any atom is -0.511 e. The van der Waals surface area contributed by atoms with Gasteiger partial charge in [0.1, 0.15) is 22.9 Å². The van der Waals surface area contributed by atoms with Gasteiger partial charge in [0.15, 0.2) is 11.6 Å². The predicted molar refractivity (Wildman–Crippen MR) is 93.7 cm³/mol. The average Bonchev–Trinajstić information content (AvgIpc) is 2.74. The molecule has 0 bridgehead atoms. The van der Waals surface area contributed by atoms with E-state index in [4.69, 9.17) is 9.60 Å². The SMILES string of the molecule is [2H]C1=C([2H])C([2H])=C2C(=C(O)C3=C(O)C4([2H])C(=O)C(C([N])=O)=C(O)C([2H])([2H])C4CC3([2H])[C@]2(C)O)C1=O. The van der Waals surface area contributed by atoms with E-state index < -0.39 is 111 Å². The summed E-state index contributed by atoms with van der Waals surface area (Å²) >= 11 is 0. The highest BCUT2D eigenvalue weighted by atomic mass is 16.3. The molecule has 4 aliphatic carbocycles. The fourth-order valence-corrected chi connectivity index (χ4v) is 3.87. The number of fused-ring (bicyclic) bond motifs is 3. The van der Waals surface area contributed by atoms with E-state index in [1.165, 1.54) is 0 Å². The lowest BCUT2D eigenvalue weighted by molar-refractivity contribution is -0.126. The first-order valence-electron chi connectivity index (χ1n) is 11.6. The molecule has 3 unspecified atom stereocenters. The van der Waals surface area contributed by atoms with Crippen LogP contribution in [-0.4, -0.2) is 43.5 Å². The molecule has 0 aliphatic heterocycles. The number of Topliss-reactive ketones (excluding diaryl/α,β-unsaturated/α-hetero) is 1. The molecule has 4 atom stereocenters. The first kappa shape index (κ1) is 11.7. The molecule has 8 nitrogen and oxygen atoms in total. The molecule has 4 N–H and O–H groups in total. The van der Waals surface area contributed by atoms with E-state index in [-0.39, 0.29) is 0 Å². The molecule has 144 valence electrons. The minimum atomic E-state index is -3.20. The lowest BCUT2D eigenvalue weighted by Gasteiger charge is -2.48. The van der Waals surface area contributed by atoms with E-state index in [1.807, 2.05) is 0 Å². The Bertz CT molecular complexity index is 1340. The smallest absolute Gasteiger partial charge is 0.302 e. The molecule has 0 saturated heterocycles. The molecular weight excluding hydrogens is 366 g/mol. The van der Waals surface area contributed by atoms with Gasteiger partial charge in [-0.2, -0.15) is 0 Å². The van der Waals surface area contributed by atoms with Crippen LogP contribution < -0.4 is 5.73 Å². The standard InChI is InChI=1S/C20H17NO7/c1-20(28)8-3-2-4-10(22)13(8)18(26)14-9(20)5-7-6-11(23)15(19(21)27)17(25)12(7)16(14)24/h2-4,7,9,12,23-24,26,28H,5-6H2,1H3/t7?,9?,12?,20-/m1/s1/i2D,3D,4D,6D2,9D,12D. The summed E-state index contributed by atoms with van der Waals surface area (Å²) < 4.78 is 57.9. The van der Waals surface area contributed by atoms with Gasteiger partial charge < -0.3 is 20.4 Å². The molecule has 4 aliphatic rings. The Kier molecular flexibility index (Phi) is 2.37. The van der Waals surface area contributed by atoms with E-state index in [0.717, 1.165) is 6.92 Å². The van der Waals surface area contributed by atoms with Crippen LogP contribution in [0.5, 0.6) is 0 Å². The highest BCUT2D eigenvalue weighted by molar-refractivity contribution is 6.21. The highest BCUT2D eigenvalue weighted by Gasteiger charge is 2.56. The number of aliphatic hydroxyl groups is 4. The summed E-state index contributed by atoms with van der Waals surface area (Å²) in [6, 6.07) is -2.87. The number of nitrogens with zero attached hydrogens (tertiary/aromatic N) is 1. The van der Waals surface area contributed by atoms with Crippen LogP contribution >= 0.6 is 0 Å². The van der Waals surface area contributed by atoms with Crippen molar-refractivity contribution in [3.05, 3.63) is 57.7 Å². The number of hydrogen-bond donors (Lipinski definition) is 4. The fourth-order valence-electron chi connectivity index (χ4n) is 3.87. The Labute approximate surface area is 169 Å². The summed E-state index contributed by atoms with van der Waals surface area (Å²) in [6.45, 7) is 0.884. The van der Waals surface area contributed by atoms with Crippen molar-refractivity contribution in [3.63, 3.8) is 0 Å². The van der Waals surface area contributed by atoms with Crippen molar-refractivity contribution in [1.29, 1.82) is 0 Å². The molecule has 0 aromatic carbocycles. The number of hydrogen-bond acceptors (Lipinski definition) is 7. The quantitative estimate of drug-likeness (QED) is 0.488. The molecule has 2 radical (unpaired) electrons. The van der Waals surface area contributed by atoms with Gasteiger partial charge in [0.25, 0.3) is 0 Å². The maximum Gasteiger partial charge on any atom is 0.302 e. The molecular formula is C20H17NO7. The van der Waals surface area contributed by atoms with Crippen LogP contribution in [0.1, 0.15) is 29.3 Å². The number of carbonyl (C=O) groups excluding carboxylic acids is 3. The van der Waals surface area contributed by atoms with Crippen LogP contribution in [0.2, 0.25) is 0 Å². The zero-order valence-electron chi connectivity index (χ0n) is 21.2. The summed E-state index contributed by atoms with van der Waals surface area (Å²) in [5.74, 6) is -17.7. The predicted octanol–water partition coefficient (Wildman–Crippen LogP) is 1.07. The number of aliphatic hydroxyl groups excluding tert-OH is 3. The molecule has 8 heteroatoms. The Morgan fingerprint density at radius 2 is 2.07 bits per heavy atom. The van der Waals surface area contributed by atoms with Gasteiger partial charge in [-0.15, -0.1) is 5.73 Å². The van der Waals surface area contributed by atoms with Crippen LogP contribution in [-0.2, 0) is 14.4 Å². The lowest BCUT2D eigenvalue weighted by Crippen LogP contribution is -2.50. The van der Waals surface area contributed by atoms with Crippen LogP contribution in [0.3, 0.4) is 0 Å². The van der Waals surface area contributed by atoms with Gasteiger partial charge in [-0.3, -0.25) is 14.4 Å². The Morgan fingerprint density at radius 1 is 1.39 bits per heavy atom. The second-order valence-corrected chi connectivity index (χ2v) is 6.75. The van der Waals surface area contributed by atoms with E-state index in [0.29, 0.717) is 0 Å². The molecule has 0 spiro atoms. The maximum atomic E-state index is 13.0. The lowest BCUT2D eigenvalue weighted by atomic mass is 9.58. The number of carbonyl (C=O) groups is 3. The molecule has 0 heterocycles. The number of ketones is 2. The van der Waals surface area contributed by atoms with Crippen molar-refractivity contribution in [3.8, 4) is 0 Å². The Hall–Kier alpha value is -3.13. The van der Waals surface area contributed by atoms with Gasteiger partial charge in [0.05, 0.1) is 21.2 Å². The summed E-state index contributed by atoms with van der Waals surface area (Å²) in [6.07, 6.45) is -4.27. The van der Waals surface area contributed by atoms with E-state index in [2.05, 4.69) is 0 Å². The van der Waals surface area contributed by atoms with Crippen molar-refractivity contribution in [2.75, 3.05) is 0 Å². The molecule has 0 aromatic heterocycles. The third-order valence-corrected chi connectivity index (χ3v) is 5.17. The van der Waals surface area contributed by atoms with Gasteiger partial charge in [-0.1, -0.05) is 12.1 Å². The molecule has 4 rings (SSSR count). The fraction of sp³-hybridized carbons (Fsp3) is 0.350. The third-order valence-electron chi connectivity index (χ3n) is 5.17. The second kappa shape index (κ2) is 5.68. The van der Waals surface area contributed by atoms with Crippen molar-refractivity contribution in [1.82, 2.24) is 5.73 Å². The van der Waals surface area contributed by atoms with Gasteiger partial charge in [-0.25, -0.2) is 0 Å². The first-order valence-corrected chi connectivity index (χ1v) is 8.07. The van der Waals surface area contributed by atoms with Crippen molar-refractivity contribution in [2.45, 2.75) is 25.3 Å². The topological polar surface area (TPSA) is 154 Å². The third kappa shape index (κ3) is 2.18. The molecule has 0 aromatic rings. The van der Waals surface area contributed by atoms with Crippen molar-refractivity contribution in [2.24, 2.45) is 17.7 Å². The van der Waals surface area contributed by atoms with Gasteiger partial charge in [-0.05, 0) is 30.9 Å². The number of amides is 1. The Balaban J connectivity index is 2.17. The number of rotatable bonds is 1. The second-order valence-electron chi connectivity index (χ2n) is 6.75. The van der Waals surface area contributed by atoms with Crippen LogP contribution in [0.15, 0.2) is 57.7 Å².